The summed E-state index contributed by atoms with van der Waals surface area (Å²) >= 11 is 0. The van der Waals surface area contributed by atoms with E-state index in [4.69, 9.17) is 4.74 Å². The molecule has 0 aromatic heterocycles. The van der Waals surface area contributed by atoms with Crippen LogP contribution in [0.2, 0.25) is 0 Å². The molecule has 142 valence electrons. The van der Waals surface area contributed by atoms with Gasteiger partial charge in [0.1, 0.15) is 6.23 Å². The van der Waals surface area contributed by atoms with Gasteiger partial charge >= 0.3 is 0 Å². The Labute approximate surface area is 159 Å². The zero-order valence-electron chi connectivity index (χ0n) is 16.9. The van der Waals surface area contributed by atoms with E-state index in [1.807, 2.05) is 25.3 Å². The number of nitrogens with zero attached hydrogens (tertiary/aromatic N) is 2. The summed E-state index contributed by atoms with van der Waals surface area (Å²) in [6, 6.07) is 8.36. The molecule has 3 nitrogen and oxygen atoms in total. The summed E-state index contributed by atoms with van der Waals surface area (Å²) in [5.74, 6) is 0. The fourth-order valence-electron chi connectivity index (χ4n) is 2.84. The Morgan fingerprint density at radius 1 is 1.35 bits per heavy atom. The van der Waals surface area contributed by atoms with Crippen molar-refractivity contribution in [3.05, 3.63) is 60.7 Å². The van der Waals surface area contributed by atoms with Gasteiger partial charge in [-0.05, 0) is 49.8 Å². The minimum atomic E-state index is 0.150. The largest absolute Gasteiger partial charge is 0.358 e. The minimum Gasteiger partial charge on any atom is -0.358 e. The van der Waals surface area contributed by atoms with Crippen LogP contribution in [0.15, 0.2) is 60.1 Å². The Kier molecular flexibility index (Phi) is 10.3. The number of hydrogen-bond acceptors (Lipinski definition) is 3. The van der Waals surface area contributed by atoms with Crippen LogP contribution in [-0.4, -0.2) is 33.1 Å². The van der Waals surface area contributed by atoms with Crippen LogP contribution in [-0.2, 0) is 4.74 Å². The van der Waals surface area contributed by atoms with Crippen LogP contribution in [0.1, 0.15) is 45.1 Å². The van der Waals surface area contributed by atoms with Crippen molar-refractivity contribution < 1.29 is 4.74 Å². The van der Waals surface area contributed by atoms with Gasteiger partial charge in [0.05, 0.1) is 0 Å². The Hall–Kier alpha value is -2.13. The van der Waals surface area contributed by atoms with E-state index < -0.39 is 0 Å². The van der Waals surface area contributed by atoms with Crippen molar-refractivity contribution in [2.45, 2.75) is 45.8 Å². The van der Waals surface area contributed by atoms with E-state index in [-0.39, 0.29) is 6.23 Å². The minimum absolute atomic E-state index is 0.150. The zero-order valence-corrected chi connectivity index (χ0v) is 16.9. The molecule has 1 fully saturated rings. The van der Waals surface area contributed by atoms with Crippen molar-refractivity contribution in [3.8, 4) is 0 Å². The van der Waals surface area contributed by atoms with Crippen LogP contribution in [0.4, 0.5) is 5.69 Å². The van der Waals surface area contributed by atoms with E-state index in [0.717, 1.165) is 48.3 Å². The number of para-hydroxylation sites is 1. The highest BCUT2D eigenvalue weighted by Gasteiger charge is 2.21. The average Bonchev–Trinajstić information content (AvgIpc) is 2.71. The van der Waals surface area contributed by atoms with Crippen molar-refractivity contribution in [2.24, 2.45) is 4.99 Å². The van der Waals surface area contributed by atoms with Crippen molar-refractivity contribution in [1.82, 2.24) is 0 Å². The molecule has 1 unspecified atom stereocenters. The van der Waals surface area contributed by atoms with Crippen LogP contribution >= 0.6 is 0 Å². The third-order valence-electron chi connectivity index (χ3n) is 4.41. The van der Waals surface area contributed by atoms with Crippen LogP contribution in [0.25, 0.3) is 5.57 Å². The molecular formula is C23H34N2O. The van der Waals surface area contributed by atoms with E-state index in [9.17, 15) is 0 Å². The monoisotopic (exact) mass is 354 g/mol. The average molecular weight is 355 g/mol. The van der Waals surface area contributed by atoms with Crippen molar-refractivity contribution in [1.29, 1.82) is 0 Å². The number of aliphatic imine (C=N–C) groups is 1. The summed E-state index contributed by atoms with van der Waals surface area (Å²) in [5, 5.41) is 0. The van der Waals surface area contributed by atoms with Gasteiger partial charge in [-0.3, -0.25) is 4.99 Å². The Morgan fingerprint density at radius 3 is 2.58 bits per heavy atom. The lowest BCUT2D eigenvalue weighted by molar-refractivity contribution is 0.0174. The molecule has 26 heavy (non-hydrogen) atoms. The van der Waals surface area contributed by atoms with Gasteiger partial charge in [0.2, 0.25) is 0 Å². The van der Waals surface area contributed by atoms with Gasteiger partial charge < -0.3 is 9.64 Å². The molecule has 3 heteroatoms. The van der Waals surface area contributed by atoms with Crippen molar-refractivity contribution >= 4 is 17.5 Å². The predicted molar refractivity (Wildman–Crippen MR) is 116 cm³/mol. The maximum Gasteiger partial charge on any atom is 0.129 e. The van der Waals surface area contributed by atoms with Gasteiger partial charge in [-0.25, -0.2) is 0 Å². The molecule has 1 aromatic carbocycles. The van der Waals surface area contributed by atoms with Gasteiger partial charge in [0.15, 0.2) is 0 Å². The molecule has 1 heterocycles. The first-order valence-electron chi connectivity index (χ1n) is 9.43. The summed E-state index contributed by atoms with van der Waals surface area (Å²) in [5.41, 5.74) is 4.33. The van der Waals surface area contributed by atoms with Crippen LogP contribution in [0.5, 0.6) is 0 Å². The molecule has 0 amide bonds. The highest BCUT2D eigenvalue weighted by molar-refractivity contribution is 6.02. The predicted octanol–water partition coefficient (Wildman–Crippen LogP) is 5.89. The molecular weight excluding hydrogens is 320 g/mol. The summed E-state index contributed by atoms with van der Waals surface area (Å²) in [6.45, 7) is 12.7. The second-order valence-corrected chi connectivity index (χ2v) is 6.26. The molecule has 0 bridgehead atoms. The van der Waals surface area contributed by atoms with Crippen molar-refractivity contribution in [2.75, 3.05) is 25.6 Å². The first kappa shape index (κ1) is 21.9. The lowest BCUT2D eigenvalue weighted by atomic mass is 9.97. The molecule has 1 atom stereocenters. The fourth-order valence-corrected chi connectivity index (χ4v) is 2.84. The van der Waals surface area contributed by atoms with Crippen LogP contribution < -0.4 is 4.90 Å². The molecule has 2 rings (SSSR count). The third kappa shape index (κ3) is 6.30. The van der Waals surface area contributed by atoms with Gasteiger partial charge in [-0.1, -0.05) is 43.9 Å². The van der Waals surface area contributed by atoms with E-state index in [2.05, 4.69) is 61.3 Å². The SMILES string of the molecule is C=C(/C(C=NC)=C/C)c1ccccc1N(C)C1CCCCO1.C=CCC. The molecule has 1 saturated heterocycles. The van der Waals surface area contributed by atoms with Gasteiger partial charge in [-0.2, -0.15) is 0 Å². The van der Waals surface area contributed by atoms with Crippen LogP contribution in [0.3, 0.4) is 0 Å². The third-order valence-corrected chi connectivity index (χ3v) is 4.41. The molecule has 1 aromatic rings. The number of anilines is 1. The van der Waals surface area contributed by atoms with Crippen LogP contribution in [0, 0.1) is 0 Å². The first-order chi connectivity index (χ1) is 12.6. The summed E-state index contributed by atoms with van der Waals surface area (Å²) in [7, 11) is 3.88. The standard InChI is InChI=1S/C19H26N2O.C4H8/c1-5-16(14-20-3)15(2)17-10-6-7-11-18(17)21(4)19-12-8-9-13-22-19;1-3-4-2/h5-7,10-11,14,19H,2,8-9,12-13H2,1,3-4H3;3H,1,4H2,2H3/b16-5+,20-14?;. The second kappa shape index (κ2) is 12.3. The molecule has 1 aliphatic heterocycles. The topological polar surface area (TPSA) is 24.8 Å². The quantitative estimate of drug-likeness (QED) is 0.361. The van der Waals surface area contributed by atoms with E-state index in [0.29, 0.717) is 0 Å². The molecule has 1 aliphatic rings. The molecule has 0 radical (unpaired) electrons. The van der Waals surface area contributed by atoms with Gasteiger partial charge in [0.25, 0.3) is 0 Å². The lowest BCUT2D eigenvalue weighted by Crippen LogP contribution is -2.37. The number of hydrogen-bond donors (Lipinski definition) is 0. The molecule has 0 spiro atoms. The lowest BCUT2D eigenvalue weighted by Gasteiger charge is -2.34. The van der Waals surface area contributed by atoms with Crippen molar-refractivity contribution in [3.63, 3.8) is 0 Å². The summed E-state index contributed by atoms with van der Waals surface area (Å²) < 4.78 is 5.92. The number of allylic oxidation sites excluding steroid dienone is 4. The second-order valence-electron chi connectivity index (χ2n) is 6.26. The maximum atomic E-state index is 5.92. The van der Waals surface area contributed by atoms with E-state index >= 15 is 0 Å². The van der Waals surface area contributed by atoms with Gasteiger partial charge in [0, 0.05) is 38.2 Å². The summed E-state index contributed by atoms with van der Waals surface area (Å²) in [4.78, 5) is 6.36. The smallest absolute Gasteiger partial charge is 0.129 e. The molecule has 0 aliphatic carbocycles. The normalized spacial score (nSPS) is 17.4. The Morgan fingerprint density at radius 2 is 2.04 bits per heavy atom. The number of ether oxygens (including phenoxy) is 1. The van der Waals surface area contributed by atoms with Gasteiger partial charge in [-0.15, -0.1) is 6.58 Å². The zero-order chi connectivity index (χ0) is 19.4. The number of rotatable bonds is 6. The Bertz CT molecular complexity index is 625. The number of benzene rings is 1. The highest BCUT2D eigenvalue weighted by Crippen LogP contribution is 2.32. The highest BCUT2D eigenvalue weighted by atomic mass is 16.5. The molecule has 0 saturated carbocycles. The maximum absolute atomic E-state index is 5.92. The first-order valence-corrected chi connectivity index (χ1v) is 9.43. The molecule has 0 N–H and O–H groups in total. The van der Waals surface area contributed by atoms with E-state index in [1.165, 1.54) is 6.42 Å². The Balaban J connectivity index is 0.000000765. The van der Waals surface area contributed by atoms with E-state index in [1.54, 1.807) is 7.05 Å². The summed E-state index contributed by atoms with van der Waals surface area (Å²) in [6.07, 6.45) is 10.5. The fraction of sp³-hybridized carbons (Fsp3) is 0.435.